The second-order valence-electron chi connectivity index (χ2n) is 1.71. The van der Waals surface area contributed by atoms with E-state index in [4.69, 9.17) is 0 Å². The topological polar surface area (TPSA) is 69.2 Å². The number of nitrogens with two attached hydrogens (primary N) is 1. The highest BCUT2D eigenvalue weighted by Crippen LogP contribution is 2.23. The Labute approximate surface area is 59.6 Å². The highest BCUT2D eigenvalue weighted by molar-refractivity contribution is 4.90. The minimum Gasteiger partial charge on any atom is -0.399 e. The standard InChI is InChI=1S/C4H5F3N2O2/c5-4(6,7)1-3(2-8)9(10)11/h2H,1,8H2. The van der Waals surface area contributed by atoms with E-state index in [-0.39, 0.29) is 0 Å². The van der Waals surface area contributed by atoms with E-state index >= 15 is 0 Å². The number of nitrogens with zero attached hydrogens (tertiary/aromatic N) is 1. The van der Waals surface area contributed by atoms with Crippen LogP contribution in [0.15, 0.2) is 11.9 Å². The smallest absolute Gasteiger partial charge is 0.399 e. The molecule has 0 heterocycles. The Kier molecular flexibility index (Phi) is 2.85. The molecule has 0 aromatic rings. The number of alkyl halides is 3. The van der Waals surface area contributed by atoms with Gasteiger partial charge in [0, 0.05) is 0 Å². The largest absolute Gasteiger partial charge is 0.399 e. The van der Waals surface area contributed by atoms with Crippen molar-refractivity contribution in [2.24, 2.45) is 5.73 Å². The number of rotatable bonds is 2. The van der Waals surface area contributed by atoms with Crippen LogP contribution in [0.3, 0.4) is 0 Å². The van der Waals surface area contributed by atoms with Crippen molar-refractivity contribution in [3.63, 3.8) is 0 Å². The van der Waals surface area contributed by atoms with E-state index in [2.05, 4.69) is 5.73 Å². The summed E-state index contributed by atoms with van der Waals surface area (Å²) >= 11 is 0. The fraction of sp³-hybridized carbons (Fsp3) is 0.500. The van der Waals surface area contributed by atoms with Gasteiger partial charge in [0.05, 0.1) is 11.1 Å². The van der Waals surface area contributed by atoms with Crippen molar-refractivity contribution in [1.29, 1.82) is 0 Å². The van der Waals surface area contributed by atoms with Crippen LogP contribution in [0.4, 0.5) is 13.2 Å². The quantitative estimate of drug-likeness (QED) is 0.496. The molecule has 2 N–H and O–H groups in total. The zero-order valence-corrected chi connectivity index (χ0v) is 5.26. The molecule has 0 aliphatic rings. The summed E-state index contributed by atoms with van der Waals surface area (Å²) in [6, 6.07) is 0. The first-order valence-electron chi connectivity index (χ1n) is 2.48. The zero-order valence-electron chi connectivity index (χ0n) is 5.26. The van der Waals surface area contributed by atoms with Gasteiger partial charge in [-0.25, -0.2) is 0 Å². The lowest BCUT2D eigenvalue weighted by molar-refractivity contribution is -0.433. The van der Waals surface area contributed by atoms with Crippen LogP contribution in [0.5, 0.6) is 0 Å². The average Bonchev–Trinajstić information content (AvgIpc) is 1.80. The molecule has 0 unspecified atom stereocenters. The maximum Gasteiger partial charge on any atom is 0.399 e. The Bertz CT molecular complexity index is 186. The summed E-state index contributed by atoms with van der Waals surface area (Å²) in [6.45, 7) is 0. The van der Waals surface area contributed by atoms with Gasteiger partial charge in [-0.2, -0.15) is 13.2 Å². The fourth-order valence-corrected chi connectivity index (χ4v) is 0.390. The van der Waals surface area contributed by atoms with Gasteiger partial charge in [0.15, 0.2) is 0 Å². The van der Waals surface area contributed by atoms with Crippen LogP contribution in [-0.4, -0.2) is 11.1 Å². The van der Waals surface area contributed by atoms with E-state index in [0.29, 0.717) is 6.20 Å². The Morgan fingerprint density at radius 1 is 1.64 bits per heavy atom. The van der Waals surface area contributed by atoms with Crippen LogP contribution in [0.1, 0.15) is 6.42 Å². The molecule has 7 heteroatoms. The summed E-state index contributed by atoms with van der Waals surface area (Å²) < 4.78 is 34.4. The Hall–Kier alpha value is -1.27. The molecule has 0 saturated carbocycles. The maximum atomic E-state index is 11.5. The van der Waals surface area contributed by atoms with E-state index in [1.54, 1.807) is 0 Å². The molecule has 0 aromatic carbocycles. The summed E-state index contributed by atoms with van der Waals surface area (Å²) in [5, 5.41) is 9.77. The summed E-state index contributed by atoms with van der Waals surface area (Å²) in [4.78, 5) is 8.61. The molecular weight excluding hydrogens is 165 g/mol. The van der Waals surface area contributed by atoms with Crippen molar-refractivity contribution in [2.45, 2.75) is 12.6 Å². The molecule has 11 heavy (non-hydrogen) atoms. The lowest BCUT2D eigenvalue weighted by Crippen LogP contribution is -2.14. The predicted octanol–water partition coefficient (Wildman–Crippen LogP) is 1.02. The third-order valence-electron chi connectivity index (χ3n) is 0.808. The zero-order chi connectivity index (χ0) is 9.07. The molecular formula is C4H5F3N2O2. The molecule has 0 radical (unpaired) electrons. The summed E-state index contributed by atoms with van der Waals surface area (Å²) in [5.41, 5.74) is 3.53. The molecule has 0 spiro atoms. The number of hydrogen-bond donors (Lipinski definition) is 1. The summed E-state index contributed by atoms with van der Waals surface area (Å²) in [7, 11) is 0. The molecule has 0 saturated heterocycles. The monoisotopic (exact) mass is 170 g/mol. The maximum absolute atomic E-state index is 11.5. The summed E-state index contributed by atoms with van der Waals surface area (Å²) in [5.74, 6) is 0. The fourth-order valence-electron chi connectivity index (χ4n) is 0.390. The molecule has 0 bridgehead atoms. The highest BCUT2D eigenvalue weighted by atomic mass is 19.4. The van der Waals surface area contributed by atoms with Crippen LogP contribution in [-0.2, 0) is 0 Å². The first kappa shape index (κ1) is 9.73. The predicted molar refractivity (Wildman–Crippen MR) is 29.9 cm³/mol. The van der Waals surface area contributed by atoms with Gasteiger partial charge in [0.1, 0.15) is 6.42 Å². The molecule has 0 atom stereocenters. The van der Waals surface area contributed by atoms with E-state index < -0.39 is 23.2 Å². The second-order valence-corrected chi connectivity index (χ2v) is 1.71. The number of hydrogen-bond acceptors (Lipinski definition) is 3. The Balaban J connectivity index is 4.24. The van der Waals surface area contributed by atoms with E-state index in [1.807, 2.05) is 0 Å². The lowest BCUT2D eigenvalue weighted by atomic mass is 10.3. The minimum absolute atomic E-state index is 0.341. The van der Waals surface area contributed by atoms with Crippen molar-refractivity contribution in [3.8, 4) is 0 Å². The molecule has 0 rings (SSSR count). The van der Waals surface area contributed by atoms with Gasteiger partial charge in [-0.05, 0) is 0 Å². The van der Waals surface area contributed by atoms with Gasteiger partial charge >= 0.3 is 6.18 Å². The number of nitro groups is 1. The molecule has 0 fully saturated rings. The van der Waals surface area contributed by atoms with Crippen LogP contribution in [0, 0.1) is 10.1 Å². The van der Waals surface area contributed by atoms with Crippen molar-refractivity contribution in [2.75, 3.05) is 0 Å². The third-order valence-corrected chi connectivity index (χ3v) is 0.808. The van der Waals surface area contributed by atoms with Gasteiger partial charge in [0.25, 0.3) is 5.70 Å². The van der Waals surface area contributed by atoms with Crippen molar-refractivity contribution in [3.05, 3.63) is 22.0 Å². The minimum atomic E-state index is -4.59. The van der Waals surface area contributed by atoms with Crippen LogP contribution < -0.4 is 5.73 Å². The van der Waals surface area contributed by atoms with E-state index in [1.165, 1.54) is 0 Å². The van der Waals surface area contributed by atoms with Gasteiger partial charge in [-0.1, -0.05) is 0 Å². The number of allylic oxidation sites excluding steroid dienone is 1. The molecule has 64 valence electrons. The molecule has 0 amide bonds. The van der Waals surface area contributed by atoms with E-state index in [0.717, 1.165) is 0 Å². The van der Waals surface area contributed by atoms with Crippen LogP contribution in [0.25, 0.3) is 0 Å². The van der Waals surface area contributed by atoms with Gasteiger partial charge in [-0.15, -0.1) is 0 Å². The van der Waals surface area contributed by atoms with Gasteiger partial charge in [0.2, 0.25) is 0 Å². The third kappa shape index (κ3) is 4.18. The van der Waals surface area contributed by atoms with Gasteiger partial charge < -0.3 is 5.73 Å². The molecule has 0 aromatic heterocycles. The first-order chi connectivity index (χ1) is 4.87. The van der Waals surface area contributed by atoms with E-state index in [9.17, 15) is 23.3 Å². The Morgan fingerprint density at radius 3 is 2.18 bits per heavy atom. The van der Waals surface area contributed by atoms with Crippen LogP contribution in [0.2, 0.25) is 0 Å². The normalized spacial score (nSPS) is 13.2. The Morgan fingerprint density at radius 2 is 2.09 bits per heavy atom. The first-order valence-corrected chi connectivity index (χ1v) is 2.48. The highest BCUT2D eigenvalue weighted by Gasteiger charge is 2.34. The molecule has 4 nitrogen and oxygen atoms in total. The van der Waals surface area contributed by atoms with Crippen molar-refractivity contribution >= 4 is 0 Å². The molecule has 0 aliphatic heterocycles. The van der Waals surface area contributed by atoms with Crippen molar-refractivity contribution in [1.82, 2.24) is 0 Å². The average molecular weight is 170 g/mol. The second kappa shape index (κ2) is 3.22. The van der Waals surface area contributed by atoms with Crippen molar-refractivity contribution < 1.29 is 18.1 Å². The molecule has 0 aliphatic carbocycles. The lowest BCUT2D eigenvalue weighted by Gasteiger charge is -2.02. The number of halogens is 3. The summed E-state index contributed by atoms with van der Waals surface area (Å²) in [6.07, 6.45) is -5.84. The van der Waals surface area contributed by atoms with Gasteiger partial charge in [-0.3, -0.25) is 10.1 Å². The van der Waals surface area contributed by atoms with Crippen LogP contribution >= 0.6 is 0 Å². The SMILES string of the molecule is NC=C(CC(F)(F)F)[N+](=O)[O-].